The van der Waals surface area contributed by atoms with Crippen molar-refractivity contribution >= 4 is 11.9 Å². The van der Waals surface area contributed by atoms with Crippen LogP contribution in [0.5, 0.6) is 5.75 Å². The Morgan fingerprint density at radius 1 is 1.20 bits per heavy atom. The number of methoxy groups -OCH3 is 1. The van der Waals surface area contributed by atoms with E-state index in [-0.39, 0.29) is 23.9 Å². The van der Waals surface area contributed by atoms with Crippen LogP contribution in [-0.4, -0.2) is 24.1 Å². The van der Waals surface area contributed by atoms with Crippen LogP contribution in [0.15, 0.2) is 42.5 Å². The highest BCUT2D eigenvalue weighted by molar-refractivity contribution is 5.89. The van der Waals surface area contributed by atoms with E-state index in [4.69, 9.17) is 4.74 Å². The van der Waals surface area contributed by atoms with Gasteiger partial charge in [0.15, 0.2) is 0 Å². The van der Waals surface area contributed by atoms with Crippen molar-refractivity contribution in [1.29, 1.82) is 0 Å². The minimum Gasteiger partial charge on any atom is -0.496 e. The third-order valence-electron chi connectivity index (χ3n) is 4.65. The van der Waals surface area contributed by atoms with E-state index in [0.717, 1.165) is 29.7 Å². The smallest absolute Gasteiger partial charge is 0.335 e. The first-order valence-electron chi connectivity index (χ1n) is 8.36. The molecule has 0 fully saturated rings. The molecule has 2 aromatic carbocycles. The van der Waals surface area contributed by atoms with Crippen LogP contribution in [0, 0.1) is 0 Å². The summed E-state index contributed by atoms with van der Waals surface area (Å²) in [6.45, 7) is 0. The number of fused-ring (bicyclic) bond motifs is 1. The van der Waals surface area contributed by atoms with Gasteiger partial charge in [-0.05, 0) is 48.1 Å². The molecule has 2 aromatic rings. The SMILES string of the molecule is COc1cccc2c1CCC2NC(=O)CCc1ccccc1C(=O)O. The Bertz CT molecular complexity index is 800. The lowest BCUT2D eigenvalue weighted by Gasteiger charge is -2.15. The monoisotopic (exact) mass is 339 g/mol. The van der Waals surface area contributed by atoms with Gasteiger partial charge in [-0.1, -0.05) is 30.3 Å². The molecule has 0 heterocycles. The molecule has 1 aliphatic carbocycles. The Labute approximate surface area is 146 Å². The summed E-state index contributed by atoms with van der Waals surface area (Å²) in [6, 6.07) is 12.7. The molecular formula is C20H21NO4. The van der Waals surface area contributed by atoms with Crippen molar-refractivity contribution in [3.05, 3.63) is 64.7 Å². The maximum Gasteiger partial charge on any atom is 0.335 e. The highest BCUT2D eigenvalue weighted by Crippen LogP contribution is 2.36. The largest absolute Gasteiger partial charge is 0.496 e. The van der Waals surface area contributed by atoms with Gasteiger partial charge in [0.25, 0.3) is 0 Å². The fourth-order valence-corrected chi connectivity index (χ4v) is 3.42. The Hall–Kier alpha value is -2.82. The number of aryl methyl sites for hydroxylation is 1. The van der Waals surface area contributed by atoms with E-state index in [1.807, 2.05) is 18.2 Å². The second-order valence-corrected chi connectivity index (χ2v) is 6.15. The fraction of sp³-hybridized carbons (Fsp3) is 0.300. The molecule has 5 heteroatoms. The van der Waals surface area contributed by atoms with Gasteiger partial charge in [-0.15, -0.1) is 0 Å². The maximum atomic E-state index is 12.3. The number of carboxylic acids is 1. The molecule has 0 bridgehead atoms. The molecule has 25 heavy (non-hydrogen) atoms. The van der Waals surface area contributed by atoms with Crippen molar-refractivity contribution in [1.82, 2.24) is 5.32 Å². The van der Waals surface area contributed by atoms with Gasteiger partial charge in [-0.3, -0.25) is 4.79 Å². The molecule has 0 saturated heterocycles. The van der Waals surface area contributed by atoms with E-state index < -0.39 is 5.97 Å². The number of benzene rings is 2. The number of hydrogen-bond acceptors (Lipinski definition) is 3. The van der Waals surface area contributed by atoms with Gasteiger partial charge in [-0.2, -0.15) is 0 Å². The summed E-state index contributed by atoms with van der Waals surface area (Å²) in [7, 11) is 1.65. The second-order valence-electron chi connectivity index (χ2n) is 6.15. The van der Waals surface area contributed by atoms with Crippen LogP contribution in [0.1, 0.15) is 45.9 Å². The molecule has 1 atom stereocenters. The number of nitrogens with one attached hydrogen (secondary N) is 1. The van der Waals surface area contributed by atoms with E-state index in [1.165, 1.54) is 0 Å². The van der Waals surface area contributed by atoms with E-state index in [9.17, 15) is 14.7 Å². The number of aromatic carboxylic acids is 1. The van der Waals surface area contributed by atoms with Crippen LogP contribution in [0.3, 0.4) is 0 Å². The van der Waals surface area contributed by atoms with Crippen LogP contribution in [-0.2, 0) is 17.6 Å². The average Bonchev–Trinajstić information content (AvgIpc) is 3.03. The van der Waals surface area contributed by atoms with Gasteiger partial charge in [0.1, 0.15) is 5.75 Å². The first kappa shape index (κ1) is 17.0. The summed E-state index contributed by atoms with van der Waals surface area (Å²) in [6.07, 6.45) is 2.41. The number of carbonyl (C=O) groups excluding carboxylic acids is 1. The molecule has 0 spiro atoms. The third kappa shape index (κ3) is 3.65. The zero-order chi connectivity index (χ0) is 17.8. The first-order valence-corrected chi connectivity index (χ1v) is 8.36. The molecule has 1 aliphatic rings. The predicted octanol–water partition coefficient (Wildman–Crippen LogP) is 3.13. The number of rotatable bonds is 6. The highest BCUT2D eigenvalue weighted by Gasteiger charge is 2.26. The molecular weight excluding hydrogens is 318 g/mol. The second kappa shape index (κ2) is 7.38. The van der Waals surface area contributed by atoms with Crippen LogP contribution < -0.4 is 10.1 Å². The molecule has 2 N–H and O–H groups in total. The Morgan fingerprint density at radius 3 is 2.76 bits per heavy atom. The zero-order valence-corrected chi connectivity index (χ0v) is 14.1. The Balaban J connectivity index is 1.63. The molecule has 1 amide bonds. The third-order valence-corrected chi connectivity index (χ3v) is 4.65. The summed E-state index contributed by atoms with van der Waals surface area (Å²) in [5.74, 6) is -0.168. The first-order chi connectivity index (χ1) is 12.1. The summed E-state index contributed by atoms with van der Waals surface area (Å²) >= 11 is 0. The molecule has 130 valence electrons. The lowest BCUT2D eigenvalue weighted by Crippen LogP contribution is -2.27. The molecule has 0 radical (unpaired) electrons. The average molecular weight is 339 g/mol. The fourth-order valence-electron chi connectivity index (χ4n) is 3.42. The normalized spacial score (nSPS) is 15.5. The van der Waals surface area contributed by atoms with Crippen LogP contribution in [0.2, 0.25) is 0 Å². The van der Waals surface area contributed by atoms with Crippen molar-refractivity contribution in [3.8, 4) is 5.75 Å². The lowest BCUT2D eigenvalue weighted by atomic mass is 10.0. The van der Waals surface area contributed by atoms with Crippen LogP contribution >= 0.6 is 0 Å². The zero-order valence-electron chi connectivity index (χ0n) is 14.1. The highest BCUT2D eigenvalue weighted by atomic mass is 16.5. The van der Waals surface area contributed by atoms with Gasteiger partial charge in [0, 0.05) is 6.42 Å². The van der Waals surface area contributed by atoms with Gasteiger partial charge in [0.05, 0.1) is 18.7 Å². The van der Waals surface area contributed by atoms with Crippen molar-refractivity contribution < 1.29 is 19.4 Å². The number of amides is 1. The molecule has 5 nitrogen and oxygen atoms in total. The van der Waals surface area contributed by atoms with Crippen molar-refractivity contribution in [2.45, 2.75) is 31.7 Å². The summed E-state index contributed by atoms with van der Waals surface area (Å²) in [4.78, 5) is 23.6. The number of carboxylic acid groups (broad SMARTS) is 1. The summed E-state index contributed by atoms with van der Waals surface area (Å²) in [5.41, 5.74) is 3.20. The van der Waals surface area contributed by atoms with Crippen LogP contribution in [0.25, 0.3) is 0 Å². The Morgan fingerprint density at radius 2 is 2.00 bits per heavy atom. The van der Waals surface area contributed by atoms with E-state index in [1.54, 1.807) is 31.4 Å². The van der Waals surface area contributed by atoms with Crippen molar-refractivity contribution in [3.63, 3.8) is 0 Å². The quantitative estimate of drug-likeness (QED) is 0.848. The van der Waals surface area contributed by atoms with E-state index in [2.05, 4.69) is 5.32 Å². The molecule has 0 aromatic heterocycles. The van der Waals surface area contributed by atoms with Gasteiger partial charge in [-0.25, -0.2) is 4.79 Å². The summed E-state index contributed by atoms with van der Waals surface area (Å²) < 4.78 is 5.38. The van der Waals surface area contributed by atoms with Gasteiger partial charge < -0.3 is 15.2 Å². The minimum absolute atomic E-state index is 0.00711. The Kier molecular flexibility index (Phi) is 5.03. The number of hydrogen-bond donors (Lipinski definition) is 2. The van der Waals surface area contributed by atoms with Crippen LogP contribution in [0.4, 0.5) is 0 Å². The molecule has 0 aliphatic heterocycles. The number of carbonyl (C=O) groups is 2. The van der Waals surface area contributed by atoms with Gasteiger partial charge >= 0.3 is 5.97 Å². The van der Waals surface area contributed by atoms with Crippen molar-refractivity contribution in [2.24, 2.45) is 0 Å². The minimum atomic E-state index is -0.965. The van der Waals surface area contributed by atoms with Crippen molar-refractivity contribution in [2.75, 3.05) is 7.11 Å². The topological polar surface area (TPSA) is 75.6 Å². The molecule has 0 saturated carbocycles. The van der Waals surface area contributed by atoms with E-state index in [0.29, 0.717) is 12.0 Å². The number of ether oxygens (including phenoxy) is 1. The lowest BCUT2D eigenvalue weighted by molar-refractivity contribution is -0.121. The predicted molar refractivity (Wildman–Crippen MR) is 93.9 cm³/mol. The maximum absolute atomic E-state index is 12.3. The standard InChI is InChI=1S/C20H21NO4/c1-25-18-8-4-7-15-16(18)10-11-17(15)21-19(22)12-9-13-5-2-3-6-14(13)20(23)24/h2-8,17H,9-12H2,1H3,(H,21,22)(H,23,24). The van der Waals surface area contributed by atoms with E-state index >= 15 is 0 Å². The molecule has 1 unspecified atom stereocenters. The van der Waals surface area contributed by atoms with Gasteiger partial charge in [0.2, 0.25) is 5.91 Å². The summed E-state index contributed by atoms with van der Waals surface area (Å²) in [5, 5.41) is 12.3. The molecule has 3 rings (SSSR count).